The largest absolute Gasteiger partial charge is 0.400 e. The van der Waals surface area contributed by atoms with Crippen molar-refractivity contribution in [2.45, 2.75) is 99.2 Å². The van der Waals surface area contributed by atoms with Crippen molar-refractivity contribution in [3.05, 3.63) is 24.0 Å². The van der Waals surface area contributed by atoms with E-state index in [-0.39, 0.29) is 23.2 Å². The summed E-state index contributed by atoms with van der Waals surface area (Å²) in [4.78, 5) is 13.5. The number of carbonyl (C=O) groups is 1. The Balaban J connectivity index is 1.48. The van der Waals surface area contributed by atoms with Gasteiger partial charge in [-0.2, -0.15) is 0 Å². The first kappa shape index (κ1) is 29.6. The fourth-order valence-electron chi connectivity index (χ4n) is 6.22. The van der Waals surface area contributed by atoms with Gasteiger partial charge in [-0.3, -0.25) is 10.6 Å². The Morgan fingerprint density at radius 3 is 2.68 bits per heavy atom. The number of thioether (sulfide) groups is 1. The van der Waals surface area contributed by atoms with Gasteiger partial charge in [-0.05, 0) is 49.9 Å². The first-order valence-electron chi connectivity index (χ1n) is 13.8. The Bertz CT molecular complexity index is 862. The summed E-state index contributed by atoms with van der Waals surface area (Å²) in [5, 5.41) is 38.3. The molecule has 4 aliphatic heterocycles. The maximum Gasteiger partial charge on any atom is 0.240 e. The van der Waals surface area contributed by atoms with E-state index in [1.807, 2.05) is 12.2 Å². The number of aliphatic hydroxyl groups is 3. The van der Waals surface area contributed by atoms with Crippen LogP contribution in [0.25, 0.3) is 0 Å². The lowest BCUT2D eigenvalue weighted by molar-refractivity contribution is -0.205. The summed E-state index contributed by atoms with van der Waals surface area (Å²) in [6.45, 7) is 5.85. The number of hydrogen-bond acceptors (Lipinski definition) is 11. The molecule has 0 aromatic carbocycles. The van der Waals surface area contributed by atoms with Crippen molar-refractivity contribution in [3.63, 3.8) is 0 Å². The lowest BCUT2D eigenvalue weighted by atomic mass is 9.85. The van der Waals surface area contributed by atoms with Crippen LogP contribution >= 0.6 is 11.8 Å². The number of rotatable bonds is 6. The molecule has 216 valence electrons. The molecule has 1 amide bonds. The number of aliphatic hydroxyl groups excluding tert-OH is 3. The third-order valence-corrected chi connectivity index (χ3v) is 9.56. The number of allylic oxidation sites excluding steroid dienone is 1. The molecule has 0 saturated carbocycles. The van der Waals surface area contributed by atoms with Gasteiger partial charge >= 0.3 is 0 Å². The van der Waals surface area contributed by atoms with Crippen molar-refractivity contribution in [1.29, 1.82) is 0 Å². The zero-order valence-electron chi connectivity index (χ0n) is 22.2. The predicted octanol–water partition coefficient (Wildman–Crippen LogP) is -0.577. The van der Waals surface area contributed by atoms with E-state index in [1.165, 1.54) is 18.0 Å². The molecule has 4 aliphatic rings. The van der Waals surface area contributed by atoms with Gasteiger partial charge in [0.25, 0.3) is 0 Å². The summed E-state index contributed by atoms with van der Waals surface area (Å²) >= 11 is 1.24. The molecule has 2 bridgehead atoms. The monoisotopic (exact) mass is 555 g/mol. The van der Waals surface area contributed by atoms with E-state index in [9.17, 15) is 20.1 Å². The molecule has 0 spiro atoms. The standard InChI is InChI=1S/C26H45N5O6S/c1-13(2)9-14-7-8-36-23-15(10-14)11-29-19(23)25(35)31-17-5-3-4-6-18(16(27)12-30-28)38-26-22(34)20(32)21(33)24(17)37-26/h3-4,12-15,17-24,26,29-30,32-34H,5-11,27-28H2,1-2H3,(H,31,35)/b4-3-,16-12-/t14-,15-,17+,18-,19-,20?,21?,22?,23+,24?,26?/m0/s1. The summed E-state index contributed by atoms with van der Waals surface area (Å²) in [6, 6.07) is -1.12. The van der Waals surface area contributed by atoms with Crippen LogP contribution in [-0.2, 0) is 14.3 Å². The van der Waals surface area contributed by atoms with Gasteiger partial charge in [-0.1, -0.05) is 26.0 Å². The van der Waals surface area contributed by atoms with E-state index < -0.39 is 41.9 Å². The zero-order chi connectivity index (χ0) is 27.4. The topological polar surface area (TPSA) is 184 Å². The van der Waals surface area contributed by atoms with Crippen molar-refractivity contribution < 1.29 is 29.6 Å². The van der Waals surface area contributed by atoms with Crippen molar-refractivity contribution in [2.24, 2.45) is 29.3 Å². The molecule has 5 unspecified atom stereocenters. The molecule has 0 aliphatic carbocycles. The van der Waals surface area contributed by atoms with Crippen LogP contribution in [0.1, 0.15) is 46.0 Å². The number of nitrogens with one attached hydrogen (secondary N) is 3. The van der Waals surface area contributed by atoms with Crippen LogP contribution in [0.4, 0.5) is 0 Å². The molecular weight excluding hydrogens is 510 g/mol. The molecule has 0 radical (unpaired) electrons. The third kappa shape index (κ3) is 6.84. The number of nitrogens with two attached hydrogens (primary N) is 2. The number of hydrazine groups is 1. The quantitative estimate of drug-likeness (QED) is 0.119. The van der Waals surface area contributed by atoms with Gasteiger partial charge in [0.15, 0.2) is 0 Å². The number of ether oxygens (including phenoxy) is 2. The average Bonchev–Trinajstić information content (AvgIpc) is 3.16. The van der Waals surface area contributed by atoms with Crippen LogP contribution in [0.2, 0.25) is 0 Å². The highest BCUT2D eigenvalue weighted by Crippen LogP contribution is 2.37. The number of carbonyl (C=O) groups excluding carboxylic acids is 1. The summed E-state index contributed by atoms with van der Waals surface area (Å²) in [5.41, 5.74) is 8.16. The maximum absolute atomic E-state index is 13.5. The second-order valence-corrected chi connectivity index (χ2v) is 12.7. The Kier molecular flexibility index (Phi) is 10.4. The van der Waals surface area contributed by atoms with E-state index in [0.29, 0.717) is 37.0 Å². The molecule has 3 saturated heterocycles. The zero-order valence-corrected chi connectivity index (χ0v) is 23.1. The summed E-state index contributed by atoms with van der Waals surface area (Å²) in [5.74, 6) is 6.66. The second kappa shape index (κ2) is 13.3. The molecule has 4 heterocycles. The fraction of sp³-hybridized carbons (Fsp3) is 0.808. The van der Waals surface area contributed by atoms with Crippen molar-refractivity contribution in [1.82, 2.24) is 16.1 Å². The van der Waals surface area contributed by atoms with Gasteiger partial charge in [-0.25, -0.2) is 0 Å². The third-order valence-electron chi connectivity index (χ3n) is 8.11. The van der Waals surface area contributed by atoms with Gasteiger partial charge in [-0.15, -0.1) is 11.8 Å². The predicted molar refractivity (Wildman–Crippen MR) is 145 cm³/mol. The highest BCUT2D eigenvalue weighted by molar-refractivity contribution is 8.00. The molecule has 0 aromatic rings. The lowest BCUT2D eigenvalue weighted by Crippen LogP contribution is -2.64. The Morgan fingerprint density at radius 1 is 1.18 bits per heavy atom. The summed E-state index contributed by atoms with van der Waals surface area (Å²) < 4.78 is 12.3. The summed E-state index contributed by atoms with van der Waals surface area (Å²) in [7, 11) is 0. The van der Waals surface area contributed by atoms with E-state index in [0.717, 1.165) is 25.8 Å². The van der Waals surface area contributed by atoms with Crippen LogP contribution in [0, 0.1) is 17.8 Å². The average molecular weight is 556 g/mol. The Hall–Kier alpha value is -1.38. The van der Waals surface area contributed by atoms with Gasteiger partial charge in [0, 0.05) is 25.0 Å². The first-order chi connectivity index (χ1) is 18.2. The molecule has 0 aromatic heterocycles. The maximum atomic E-state index is 13.5. The Morgan fingerprint density at radius 2 is 1.95 bits per heavy atom. The molecular formula is C26H45N5O6S. The van der Waals surface area contributed by atoms with Crippen LogP contribution in [-0.4, -0.2) is 87.7 Å². The van der Waals surface area contributed by atoms with Gasteiger partial charge < -0.3 is 46.6 Å². The van der Waals surface area contributed by atoms with Crippen LogP contribution in [0.3, 0.4) is 0 Å². The van der Waals surface area contributed by atoms with Crippen molar-refractivity contribution in [2.75, 3.05) is 13.2 Å². The van der Waals surface area contributed by atoms with E-state index in [4.69, 9.17) is 21.1 Å². The minimum Gasteiger partial charge on any atom is -0.400 e. The lowest BCUT2D eigenvalue weighted by Gasteiger charge is -2.44. The molecule has 12 heteroatoms. The van der Waals surface area contributed by atoms with E-state index in [2.05, 4.69) is 29.9 Å². The molecule has 3 fully saturated rings. The highest BCUT2D eigenvalue weighted by atomic mass is 32.2. The minimum atomic E-state index is -1.44. The van der Waals surface area contributed by atoms with Crippen LogP contribution in [0.5, 0.6) is 0 Å². The molecule has 11 nitrogen and oxygen atoms in total. The van der Waals surface area contributed by atoms with Gasteiger partial charge in [0.05, 0.1) is 17.4 Å². The number of amides is 1. The van der Waals surface area contributed by atoms with Gasteiger partial charge in [0.1, 0.15) is 35.9 Å². The fourth-order valence-corrected chi connectivity index (χ4v) is 7.51. The van der Waals surface area contributed by atoms with E-state index in [1.54, 1.807) is 0 Å². The smallest absolute Gasteiger partial charge is 0.240 e. The van der Waals surface area contributed by atoms with E-state index >= 15 is 0 Å². The molecule has 10 N–H and O–H groups in total. The second-order valence-electron chi connectivity index (χ2n) is 11.4. The highest BCUT2D eigenvalue weighted by Gasteiger charge is 2.49. The normalized spacial score (nSPS) is 43.1. The summed E-state index contributed by atoms with van der Waals surface area (Å²) in [6.07, 6.45) is 4.17. The van der Waals surface area contributed by atoms with Crippen molar-refractivity contribution in [3.8, 4) is 0 Å². The van der Waals surface area contributed by atoms with Crippen LogP contribution in [0.15, 0.2) is 24.0 Å². The van der Waals surface area contributed by atoms with Gasteiger partial charge in [0.2, 0.25) is 5.91 Å². The molecule has 4 rings (SSSR count). The number of fused-ring (bicyclic) bond motifs is 3. The molecule has 11 atom stereocenters. The van der Waals surface area contributed by atoms with Crippen LogP contribution < -0.4 is 27.6 Å². The number of hydrogen-bond donors (Lipinski definition) is 8. The molecule has 38 heavy (non-hydrogen) atoms. The minimum absolute atomic E-state index is 0.207. The van der Waals surface area contributed by atoms with Crippen molar-refractivity contribution >= 4 is 17.7 Å². The first-order valence-corrected chi connectivity index (χ1v) is 14.7. The Labute approximate surface area is 229 Å². The SMILES string of the molecule is CC(C)C[C@@H]1CCO[C@@H]2[C@H](CN[C@@H]2C(=O)N[C@@H]2C/C=C\C[C@@H](/C(N)=C/NN)SC3OC2C(O)C(O)C3O)C1.